The zero-order valence-electron chi connectivity index (χ0n) is 16.8. The van der Waals surface area contributed by atoms with E-state index in [1.165, 1.54) is 0 Å². The standard InChI is InChI=1S/C22H27N5O2/c1-2-27-20-8-7-18(13-19(20)21(24-27)22(28)29)26-11-9-25(10-12-26)15-17-6-4-3-5-16(17)14-23/h3-6,18H,2,7-13,15H2,1H3,(H,28,29). The van der Waals surface area contributed by atoms with Gasteiger partial charge in [-0.25, -0.2) is 4.79 Å². The topological polar surface area (TPSA) is 85.4 Å². The van der Waals surface area contributed by atoms with Crippen LogP contribution in [0.1, 0.15) is 46.2 Å². The monoisotopic (exact) mass is 393 g/mol. The van der Waals surface area contributed by atoms with Crippen LogP contribution in [-0.2, 0) is 25.9 Å². The van der Waals surface area contributed by atoms with Gasteiger partial charge in [-0.05, 0) is 37.8 Å². The molecule has 1 unspecified atom stereocenters. The minimum Gasteiger partial charge on any atom is -0.476 e. The summed E-state index contributed by atoms with van der Waals surface area (Å²) in [5.74, 6) is -0.921. The van der Waals surface area contributed by atoms with E-state index in [9.17, 15) is 15.2 Å². The zero-order valence-corrected chi connectivity index (χ0v) is 16.8. The minimum absolute atomic E-state index is 0.235. The molecule has 1 saturated heterocycles. The normalized spacial score (nSPS) is 20.2. The number of rotatable bonds is 5. The number of aryl methyl sites for hydroxylation is 1. The number of carboxylic acid groups (broad SMARTS) is 1. The van der Waals surface area contributed by atoms with Crippen LogP contribution in [0.15, 0.2) is 24.3 Å². The molecule has 0 radical (unpaired) electrons. The summed E-state index contributed by atoms with van der Waals surface area (Å²) in [6, 6.07) is 10.5. The summed E-state index contributed by atoms with van der Waals surface area (Å²) in [5.41, 5.74) is 4.11. The Bertz CT molecular complexity index is 937. The summed E-state index contributed by atoms with van der Waals surface area (Å²) in [7, 11) is 0. The van der Waals surface area contributed by atoms with Gasteiger partial charge in [-0.1, -0.05) is 18.2 Å². The van der Waals surface area contributed by atoms with Crippen molar-refractivity contribution in [3.63, 3.8) is 0 Å². The molecule has 7 heteroatoms. The van der Waals surface area contributed by atoms with Crippen molar-refractivity contribution in [1.82, 2.24) is 19.6 Å². The van der Waals surface area contributed by atoms with Gasteiger partial charge in [0.1, 0.15) is 0 Å². The molecule has 29 heavy (non-hydrogen) atoms. The lowest BCUT2D eigenvalue weighted by atomic mass is 9.90. The molecule has 1 aromatic heterocycles. The van der Waals surface area contributed by atoms with Crippen LogP contribution in [0.3, 0.4) is 0 Å². The maximum absolute atomic E-state index is 11.6. The lowest BCUT2D eigenvalue weighted by Crippen LogP contribution is -2.51. The second-order valence-corrected chi connectivity index (χ2v) is 7.87. The molecule has 4 rings (SSSR count). The lowest BCUT2D eigenvalue weighted by molar-refractivity contribution is 0.0684. The smallest absolute Gasteiger partial charge is 0.356 e. The van der Waals surface area contributed by atoms with Gasteiger partial charge in [0.05, 0.1) is 11.6 Å². The van der Waals surface area contributed by atoms with Crippen LogP contribution in [0.4, 0.5) is 0 Å². The van der Waals surface area contributed by atoms with E-state index in [4.69, 9.17) is 0 Å². The third-order valence-electron chi connectivity index (χ3n) is 6.28. The molecule has 1 atom stereocenters. The van der Waals surface area contributed by atoms with E-state index >= 15 is 0 Å². The van der Waals surface area contributed by atoms with Crippen molar-refractivity contribution in [2.75, 3.05) is 26.2 Å². The van der Waals surface area contributed by atoms with Crippen molar-refractivity contribution in [2.45, 2.75) is 45.3 Å². The van der Waals surface area contributed by atoms with Crippen molar-refractivity contribution in [1.29, 1.82) is 5.26 Å². The lowest BCUT2D eigenvalue weighted by Gasteiger charge is -2.40. The summed E-state index contributed by atoms with van der Waals surface area (Å²) >= 11 is 0. The fourth-order valence-electron chi connectivity index (χ4n) is 4.71. The molecule has 1 fully saturated rings. The van der Waals surface area contributed by atoms with Crippen LogP contribution in [0.5, 0.6) is 0 Å². The summed E-state index contributed by atoms with van der Waals surface area (Å²) in [6.07, 6.45) is 2.72. The molecule has 1 N–H and O–H groups in total. The van der Waals surface area contributed by atoms with E-state index in [0.717, 1.165) is 74.4 Å². The van der Waals surface area contributed by atoms with E-state index in [1.54, 1.807) is 0 Å². The third-order valence-corrected chi connectivity index (χ3v) is 6.28. The molecule has 0 amide bonds. The number of carboxylic acids is 1. The molecule has 152 valence electrons. The summed E-state index contributed by atoms with van der Waals surface area (Å²) in [6.45, 7) is 7.39. The summed E-state index contributed by atoms with van der Waals surface area (Å²) in [4.78, 5) is 16.5. The molecule has 1 aromatic carbocycles. The number of hydrogen-bond acceptors (Lipinski definition) is 5. The molecule has 7 nitrogen and oxygen atoms in total. The Morgan fingerprint density at radius 2 is 2.03 bits per heavy atom. The van der Waals surface area contributed by atoms with Crippen LogP contribution in [-0.4, -0.2) is 62.9 Å². The van der Waals surface area contributed by atoms with Crippen LogP contribution in [0.25, 0.3) is 0 Å². The minimum atomic E-state index is -0.921. The first-order valence-electron chi connectivity index (χ1n) is 10.4. The van der Waals surface area contributed by atoms with Crippen LogP contribution in [0, 0.1) is 11.3 Å². The highest BCUT2D eigenvalue weighted by molar-refractivity contribution is 5.87. The van der Waals surface area contributed by atoms with Gasteiger partial charge >= 0.3 is 5.97 Å². The average molecular weight is 393 g/mol. The third kappa shape index (κ3) is 3.91. The SMILES string of the molecule is CCn1nc(C(=O)O)c2c1CCC(N1CCN(Cc3ccccc3C#N)CC1)C2. The largest absolute Gasteiger partial charge is 0.476 e. The Morgan fingerprint density at radius 1 is 1.28 bits per heavy atom. The highest BCUT2D eigenvalue weighted by Gasteiger charge is 2.32. The van der Waals surface area contributed by atoms with Crippen molar-refractivity contribution in [3.8, 4) is 6.07 Å². The Balaban J connectivity index is 1.39. The molecule has 1 aliphatic heterocycles. The Kier molecular flexibility index (Phi) is 5.65. The number of carbonyl (C=O) groups is 1. The van der Waals surface area contributed by atoms with E-state index in [-0.39, 0.29) is 5.69 Å². The van der Waals surface area contributed by atoms with Crippen LogP contribution in [0.2, 0.25) is 0 Å². The second kappa shape index (κ2) is 8.36. The van der Waals surface area contributed by atoms with Gasteiger partial charge in [0.2, 0.25) is 0 Å². The highest BCUT2D eigenvalue weighted by Crippen LogP contribution is 2.28. The first-order valence-corrected chi connectivity index (χ1v) is 10.4. The molecule has 0 spiro atoms. The number of aromatic carboxylic acids is 1. The van der Waals surface area contributed by atoms with Crippen molar-refractivity contribution in [2.24, 2.45) is 0 Å². The predicted octanol–water partition coefficient (Wildman–Crippen LogP) is 2.15. The molecule has 1 aliphatic carbocycles. The molecule has 2 aromatic rings. The van der Waals surface area contributed by atoms with Gasteiger partial charge in [-0.15, -0.1) is 0 Å². The number of benzene rings is 1. The van der Waals surface area contributed by atoms with E-state index in [2.05, 4.69) is 21.0 Å². The summed E-state index contributed by atoms with van der Waals surface area (Å²) in [5, 5.41) is 23.2. The Labute approximate surface area is 171 Å². The molecular weight excluding hydrogens is 366 g/mol. The van der Waals surface area contributed by atoms with Crippen molar-refractivity contribution in [3.05, 3.63) is 52.3 Å². The number of nitrogens with zero attached hydrogens (tertiary/aromatic N) is 5. The van der Waals surface area contributed by atoms with Gasteiger partial charge < -0.3 is 5.11 Å². The van der Waals surface area contributed by atoms with Crippen LogP contribution < -0.4 is 0 Å². The number of aromatic nitrogens is 2. The summed E-state index contributed by atoms with van der Waals surface area (Å²) < 4.78 is 1.86. The van der Waals surface area contributed by atoms with E-state index in [0.29, 0.717) is 12.6 Å². The van der Waals surface area contributed by atoms with Crippen molar-refractivity contribution < 1.29 is 9.90 Å². The van der Waals surface area contributed by atoms with Gasteiger partial charge in [-0.2, -0.15) is 10.4 Å². The maximum atomic E-state index is 11.6. The van der Waals surface area contributed by atoms with Gasteiger partial charge in [0.25, 0.3) is 0 Å². The first kappa shape index (κ1) is 19.6. The zero-order chi connectivity index (χ0) is 20.4. The fraction of sp³-hybridized carbons (Fsp3) is 0.500. The second-order valence-electron chi connectivity index (χ2n) is 7.87. The van der Waals surface area contributed by atoms with E-state index < -0.39 is 5.97 Å². The molecule has 2 aliphatic rings. The molecule has 2 heterocycles. The Morgan fingerprint density at radius 3 is 2.72 bits per heavy atom. The van der Waals surface area contributed by atoms with Crippen molar-refractivity contribution >= 4 is 5.97 Å². The highest BCUT2D eigenvalue weighted by atomic mass is 16.4. The number of fused-ring (bicyclic) bond motifs is 1. The van der Waals surface area contributed by atoms with Gasteiger partial charge in [-0.3, -0.25) is 14.5 Å². The maximum Gasteiger partial charge on any atom is 0.356 e. The first-order chi connectivity index (χ1) is 14.1. The van der Waals surface area contributed by atoms with Gasteiger partial charge in [0, 0.05) is 56.6 Å². The molecule has 0 saturated carbocycles. The number of nitriles is 1. The molecular formula is C22H27N5O2. The number of hydrogen-bond donors (Lipinski definition) is 1. The van der Waals surface area contributed by atoms with Gasteiger partial charge in [0.15, 0.2) is 5.69 Å². The Hall–Kier alpha value is -2.69. The number of piperazine rings is 1. The molecule has 0 bridgehead atoms. The quantitative estimate of drug-likeness (QED) is 0.838. The predicted molar refractivity (Wildman–Crippen MR) is 109 cm³/mol. The fourth-order valence-corrected chi connectivity index (χ4v) is 4.71. The van der Waals surface area contributed by atoms with Crippen LogP contribution >= 0.6 is 0 Å². The average Bonchev–Trinajstić information content (AvgIpc) is 3.13. The van der Waals surface area contributed by atoms with E-state index in [1.807, 2.05) is 35.9 Å².